The summed E-state index contributed by atoms with van der Waals surface area (Å²) in [4.78, 5) is 5.34. The first-order chi connectivity index (χ1) is 10.1. The molecule has 2 aromatic carbocycles. The molecule has 0 aliphatic heterocycles. The second-order valence-electron chi connectivity index (χ2n) is 4.41. The molecule has 0 atom stereocenters. The zero-order valence-corrected chi connectivity index (χ0v) is 13.3. The Labute approximate surface area is 134 Å². The van der Waals surface area contributed by atoms with Gasteiger partial charge in [0.25, 0.3) is 0 Å². The quantitative estimate of drug-likeness (QED) is 0.576. The molecule has 2 aromatic rings. The van der Waals surface area contributed by atoms with E-state index >= 15 is 0 Å². The van der Waals surface area contributed by atoms with Crippen LogP contribution in [0.3, 0.4) is 0 Å². The number of halogens is 2. The van der Waals surface area contributed by atoms with Crippen LogP contribution in [0.25, 0.3) is 0 Å². The van der Waals surface area contributed by atoms with Crippen molar-refractivity contribution in [1.82, 2.24) is 0 Å². The summed E-state index contributed by atoms with van der Waals surface area (Å²) in [5, 5.41) is 5.26. The molecule has 2 rings (SSSR count). The summed E-state index contributed by atoms with van der Waals surface area (Å²) in [7, 11) is 1.63. The maximum Gasteiger partial charge on any atom is 0.143 e. The lowest BCUT2D eigenvalue weighted by Gasteiger charge is -2.05. The highest BCUT2D eigenvalue weighted by Crippen LogP contribution is 2.21. The number of oxime groups is 1. The highest BCUT2D eigenvalue weighted by Gasteiger charge is 2.03. The Balaban J connectivity index is 1.99. The molecule has 0 saturated carbocycles. The van der Waals surface area contributed by atoms with Crippen molar-refractivity contribution >= 4 is 28.9 Å². The topological polar surface area (TPSA) is 30.8 Å². The maximum absolute atomic E-state index is 6.07. The number of ether oxygens (including phenoxy) is 1. The fourth-order valence-electron chi connectivity index (χ4n) is 1.72. The zero-order chi connectivity index (χ0) is 15.2. The first kappa shape index (κ1) is 15.7. The minimum atomic E-state index is 0.295. The molecule has 0 saturated heterocycles. The second-order valence-corrected chi connectivity index (χ2v) is 5.26. The van der Waals surface area contributed by atoms with E-state index in [-0.39, 0.29) is 0 Å². The molecule has 3 nitrogen and oxygen atoms in total. The standard InChI is InChI=1S/C16H15Cl2NO2/c1-11(12-4-7-15(20-2)8-5-12)19-21-10-13-3-6-14(17)9-16(13)18/h3-9H,10H2,1-2H3/b19-11-. The van der Waals surface area contributed by atoms with E-state index in [2.05, 4.69) is 5.16 Å². The molecule has 0 spiro atoms. The molecule has 0 aromatic heterocycles. The number of hydrogen-bond acceptors (Lipinski definition) is 3. The Morgan fingerprint density at radius 1 is 1.10 bits per heavy atom. The SMILES string of the molecule is COc1ccc(/C(C)=N\OCc2ccc(Cl)cc2Cl)cc1. The molecule has 0 aliphatic carbocycles. The van der Waals surface area contributed by atoms with Gasteiger partial charge in [0.15, 0.2) is 0 Å². The van der Waals surface area contributed by atoms with Gasteiger partial charge in [0.2, 0.25) is 0 Å². The average Bonchev–Trinajstić information content (AvgIpc) is 2.49. The van der Waals surface area contributed by atoms with E-state index in [1.807, 2.05) is 37.3 Å². The van der Waals surface area contributed by atoms with Gasteiger partial charge in [-0.1, -0.05) is 34.4 Å². The second kappa shape index (κ2) is 7.34. The third kappa shape index (κ3) is 4.38. The summed E-state index contributed by atoms with van der Waals surface area (Å²) in [5.41, 5.74) is 2.59. The van der Waals surface area contributed by atoms with Crippen LogP contribution in [-0.2, 0) is 11.4 Å². The first-order valence-corrected chi connectivity index (χ1v) is 7.10. The fourth-order valence-corrected chi connectivity index (χ4v) is 2.19. The summed E-state index contributed by atoms with van der Waals surface area (Å²) < 4.78 is 5.11. The lowest BCUT2D eigenvalue weighted by molar-refractivity contribution is 0.130. The van der Waals surface area contributed by atoms with Crippen LogP contribution in [0.2, 0.25) is 10.0 Å². The van der Waals surface area contributed by atoms with Gasteiger partial charge in [-0.3, -0.25) is 0 Å². The molecule has 0 fully saturated rings. The van der Waals surface area contributed by atoms with Gasteiger partial charge in [-0.05, 0) is 48.9 Å². The Morgan fingerprint density at radius 3 is 2.43 bits per heavy atom. The molecule has 21 heavy (non-hydrogen) atoms. The van der Waals surface area contributed by atoms with E-state index in [0.29, 0.717) is 16.7 Å². The minimum Gasteiger partial charge on any atom is -0.497 e. The Bertz CT molecular complexity index is 639. The predicted molar refractivity (Wildman–Crippen MR) is 86.5 cm³/mol. The van der Waals surface area contributed by atoms with Gasteiger partial charge in [-0.15, -0.1) is 0 Å². The van der Waals surface area contributed by atoms with Crippen molar-refractivity contribution in [2.75, 3.05) is 7.11 Å². The monoisotopic (exact) mass is 323 g/mol. The van der Waals surface area contributed by atoms with Crippen molar-refractivity contribution in [2.45, 2.75) is 13.5 Å². The molecule has 0 N–H and O–H groups in total. The summed E-state index contributed by atoms with van der Waals surface area (Å²) in [6.07, 6.45) is 0. The Morgan fingerprint density at radius 2 is 1.81 bits per heavy atom. The minimum absolute atomic E-state index is 0.295. The molecule has 0 unspecified atom stereocenters. The van der Waals surface area contributed by atoms with Gasteiger partial charge in [-0.25, -0.2) is 0 Å². The van der Waals surface area contributed by atoms with Gasteiger partial charge < -0.3 is 9.57 Å². The summed E-state index contributed by atoms with van der Waals surface area (Å²) >= 11 is 11.9. The van der Waals surface area contributed by atoms with Crippen molar-refractivity contribution in [3.8, 4) is 5.75 Å². The van der Waals surface area contributed by atoms with Gasteiger partial charge in [0, 0.05) is 15.6 Å². The van der Waals surface area contributed by atoms with Crippen molar-refractivity contribution in [3.05, 3.63) is 63.6 Å². The molecule has 0 aliphatic rings. The summed E-state index contributed by atoms with van der Waals surface area (Å²) in [6.45, 7) is 2.18. The van der Waals surface area contributed by atoms with Crippen LogP contribution in [0.15, 0.2) is 47.6 Å². The van der Waals surface area contributed by atoms with Crippen molar-refractivity contribution in [1.29, 1.82) is 0 Å². The van der Waals surface area contributed by atoms with Gasteiger partial charge in [-0.2, -0.15) is 0 Å². The molecule has 110 valence electrons. The van der Waals surface area contributed by atoms with Crippen molar-refractivity contribution in [3.63, 3.8) is 0 Å². The van der Waals surface area contributed by atoms with Crippen LogP contribution in [0.1, 0.15) is 18.1 Å². The molecular weight excluding hydrogens is 309 g/mol. The number of methoxy groups -OCH3 is 1. The van der Waals surface area contributed by atoms with E-state index in [1.54, 1.807) is 19.2 Å². The van der Waals surface area contributed by atoms with Gasteiger partial charge in [0.1, 0.15) is 12.4 Å². The molecule has 0 radical (unpaired) electrons. The summed E-state index contributed by atoms with van der Waals surface area (Å²) in [6, 6.07) is 12.9. The maximum atomic E-state index is 6.07. The van der Waals surface area contributed by atoms with Crippen LogP contribution in [0, 0.1) is 0 Å². The lowest BCUT2D eigenvalue weighted by Crippen LogP contribution is -1.97. The molecule has 5 heteroatoms. The van der Waals surface area contributed by atoms with Crippen molar-refractivity contribution in [2.24, 2.45) is 5.16 Å². The van der Waals surface area contributed by atoms with Gasteiger partial charge >= 0.3 is 0 Å². The number of rotatable bonds is 5. The molecule has 0 amide bonds. The number of hydrogen-bond donors (Lipinski definition) is 0. The van der Waals surface area contributed by atoms with E-state index < -0.39 is 0 Å². The van der Waals surface area contributed by atoms with Crippen LogP contribution in [0.4, 0.5) is 0 Å². The largest absolute Gasteiger partial charge is 0.497 e. The van der Waals surface area contributed by atoms with Crippen LogP contribution in [0.5, 0.6) is 5.75 Å². The van der Waals surface area contributed by atoms with Crippen LogP contribution < -0.4 is 4.74 Å². The highest BCUT2D eigenvalue weighted by atomic mass is 35.5. The summed E-state index contributed by atoms with van der Waals surface area (Å²) in [5.74, 6) is 0.806. The fraction of sp³-hybridized carbons (Fsp3) is 0.188. The number of nitrogens with zero attached hydrogens (tertiary/aromatic N) is 1. The highest BCUT2D eigenvalue weighted by molar-refractivity contribution is 6.35. The zero-order valence-electron chi connectivity index (χ0n) is 11.8. The van der Waals surface area contributed by atoms with Gasteiger partial charge in [0.05, 0.1) is 12.8 Å². The van der Waals surface area contributed by atoms with E-state index in [1.165, 1.54) is 0 Å². The predicted octanol–water partition coefficient (Wildman–Crippen LogP) is 4.94. The third-order valence-electron chi connectivity index (χ3n) is 2.94. The Kier molecular flexibility index (Phi) is 5.48. The lowest BCUT2D eigenvalue weighted by atomic mass is 10.1. The van der Waals surface area contributed by atoms with E-state index in [0.717, 1.165) is 22.6 Å². The van der Waals surface area contributed by atoms with Crippen LogP contribution in [-0.4, -0.2) is 12.8 Å². The third-order valence-corrected chi connectivity index (χ3v) is 3.53. The van der Waals surface area contributed by atoms with Crippen LogP contribution >= 0.6 is 23.2 Å². The average molecular weight is 324 g/mol. The molecular formula is C16H15Cl2NO2. The molecule has 0 bridgehead atoms. The molecule has 0 heterocycles. The normalized spacial score (nSPS) is 11.3. The van der Waals surface area contributed by atoms with E-state index in [4.69, 9.17) is 32.8 Å². The van der Waals surface area contributed by atoms with Crippen molar-refractivity contribution < 1.29 is 9.57 Å². The van der Waals surface area contributed by atoms with E-state index in [9.17, 15) is 0 Å². The number of benzene rings is 2. The smallest absolute Gasteiger partial charge is 0.143 e. The first-order valence-electron chi connectivity index (χ1n) is 6.35. The Hall–Kier alpha value is -1.71.